The lowest BCUT2D eigenvalue weighted by Gasteiger charge is -1.95. The van der Waals surface area contributed by atoms with E-state index in [4.69, 9.17) is 10.8 Å². The number of rotatable bonds is 3. The summed E-state index contributed by atoms with van der Waals surface area (Å²) < 4.78 is 1.48. The van der Waals surface area contributed by atoms with Gasteiger partial charge >= 0.3 is 5.97 Å². The van der Waals surface area contributed by atoms with Crippen molar-refractivity contribution in [1.82, 2.24) is 9.78 Å². The highest BCUT2D eigenvalue weighted by Gasteiger charge is 2.44. The zero-order valence-corrected chi connectivity index (χ0v) is 7.25. The summed E-state index contributed by atoms with van der Waals surface area (Å²) in [7, 11) is 0. The summed E-state index contributed by atoms with van der Waals surface area (Å²) >= 11 is 0. The molecule has 0 saturated heterocycles. The molecule has 6 nitrogen and oxygen atoms in total. The second kappa shape index (κ2) is 2.83. The topological polar surface area (TPSA) is 98.2 Å². The number of carboxylic acids is 1. The van der Waals surface area contributed by atoms with Crippen LogP contribution in [0.5, 0.6) is 0 Å². The first kappa shape index (κ1) is 8.74. The molecule has 0 bridgehead atoms. The second-order valence-electron chi connectivity index (χ2n) is 3.33. The molecule has 1 heterocycles. The van der Waals surface area contributed by atoms with Crippen LogP contribution in [0.25, 0.3) is 0 Å². The normalized spacial score (nSPS) is 24.6. The standard InChI is InChI=1S/C8H9N3O3/c9-7(12)5-1-6(5)11-3-4(2-10-11)8(13)14/h2-3,5-6H,1H2,(H2,9,12)(H,13,14). The number of carbonyl (C=O) groups excluding carboxylic acids is 1. The molecule has 74 valence electrons. The molecule has 14 heavy (non-hydrogen) atoms. The van der Waals surface area contributed by atoms with Crippen LogP contribution in [0.15, 0.2) is 12.4 Å². The zero-order chi connectivity index (χ0) is 10.3. The maximum atomic E-state index is 10.8. The molecule has 1 aromatic rings. The molecular formula is C8H9N3O3. The second-order valence-corrected chi connectivity index (χ2v) is 3.33. The summed E-state index contributed by atoms with van der Waals surface area (Å²) in [5.74, 6) is -1.58. The molecular weight excluding hydrogens is 186 g/mol. The largest absolute Gasteiger partial charge is 0.478 e. The summed E-state index contributed by atoms with van der Waals surface area (Å²) in [6, 6.07) is -0.0550. The molecule has 0 radical (unpaired) electrons. The Morgan fingerprint density at radius 1 is 1.64 bits per heavy atom. The van der Waals surface area contributed by atoms with Gasteiger partial charge in [0.05, 0.1) is 23.7 Å². The molecule has 0 aliphatic heterocycles. The Morgan fingerprint density at radius 2 is 2.36 bits per heavy atom. The van der Waals surface area contributed by atoms with Crippen LogP contribution in [-0.4, -0.2) is 26.8 Å². The predicted molar refractivity (Wildman–Crippen MR) is 45.5 cm³/mol. The maximum Gasteiger partial charge on any atom is 0.338 e. The Morgan fingerprint density at radius 3 is 2.79 bits per heavy atom. The van der Waals surface area contributed by atoms with Crippen LogP contribution in [-0.2, 0) is 4.79 Å². The minimum absolute atomic E-state index is 0.0550. The predicted octanol–water partition coefficient (Wildman–Crippen LogP) is -0.372. The van der Waals surface area contributed by atoms with Gasteiger partial charge in [0.1, 0.15) is 0 Å². The number of carbonyl (C=O) groups is 2. The van der Waals surface area contributed by atoms with E-state index in [1.807, 2.05) is 0 Å². The molecule has 6 heteroatoms. The molecule has 1 saturated carbocycles. The summed E-state index contributed by atoms with van der Waals surface area (Å²) in [4.78, 5) is 21.3. The third-order valence-electron chi connectivity index (χ3n) is 2.31. The van der Waals surface area contributed by atoms with E-state index in [1.165, 1.54) is 17.1 Å². The Labute approximate surface area is 79.3 Å². The number of primary amides is 1. The highest BCUT2D eigenvalue weighted by molar-refractivity contribution is 5.87. The summed E-state index contributed by atoms with van der Waals surface area (Å²) in [5, 5.41) is 12.5. The molecule has 1 aromatic heterocycles. The van der Waals surface area contributed by atoms with Gasteiger partial charge in [0, 0.05) is 6.20 Å². The van der Waals surface area contributed by atoms with Crippen molar-refractivity contribution < 1.29 is 14.7 Å². The third-order valence-corrected chi connectivity index (χ3v) is 2.31. The van der Waals surface area contributed by atoms with E-state index >= 15 is 0 Å². The Kier molecular flexibility index (Phi) is 1.77. The minimum Gasteiger partial charge on any atom is -0.478 e. The molecule has 0 aromatic carbocycles. The van der Waals surface area contributed by atoms with E-state index in [2.05, 4.69) is 5.10 Å². The fourth-order valence-electron chi connectivity index (χ4n) is 1.41. The van der Waals surface area contributed by atoms with Crippen LogP contribution < -0.4 is 5.73 Å². The van der Waals surface area contributed by atoms with Gasteiger partial charge in [-0.25, -0.2) is 4.79 Å². The number of carboxylic acid groups (broad SMARTS) is 1. The number of aromatic nitrogens is 2. The van der Waals surface area contributed by atoms with Gasteiger partial charge in [-0.2, -0.15) is 5.10 Å². The molecule has 1 amide bonds. The van der Waals surface area contributed by atoms with Crippen molar-refractivity contribution in [3.63, 3.8) is 0 Å². The summed E-state index contributed by atoms with van der Waals surface area (Å²) in [6.45, 7) is 0. The highest BCUT2D eigenvalue weighted by Crippen LogP contribution is 2.42. The van der Waals surface area contributed by atoms with Crippen molar-refractivity contribution in [3.8, 4) is 0 Å². The van der Waals surface area contributed by atoms with Crippen molar-refractivity contribution in [2.75, 3.05) is 0 Å². The average molecular weight is 195 g/mol. The smallest absolute Gasteiger partial charge is 0.338 e. The highest BCUT2D eigenvalue weighted by atomic mass is 16.4. The third kappa shape index (κ3) is 1.34. The lowest BCUT2D eigenvalue weighted by atomic mass is 10.4. The molecule has 2 unspecified atom stereocenters. The molecule has 3 N–H and O–H groups in total. The first-order valence-electron chi connectivity index (χ1n) is 4.16. The van der Waals surface area contributed by atoms with Gasteiger partial charge in [0.15, 0.2) is 0 Å². The van der Waals surface area contributed by atoms with Crippen molar-refractivity contribution >= 4 is 11.9 Å². The van der Waals surface area contributed by atoms with Crippen molar-refractivity contribution in [1.29, 1.82) is 0 Å². The zero-order valence-electron chi connectivity index (χ0n) is 7.25. The van der Waals surface area contributed by atoms with E-state index in [0.29, 0.717) is 6.42 Å². The molecule has 1 aliphatic rings. The van der Waals surface area contributed by atoms with Crippen molar-refractivity contribution in [2.24, 2.45) is 11.7 Å². The maximum absolute atomic E-state index is 10.8. The fraction of sp³-hybridized carbons (Fsp3) is 0.375. The van der Waals surface area contributed by atoms with Gasteiger partial charge in [-0.3, -0.25) is 9.48 Å². The van der Waals surface area contributed by atoms with Gasteiger partial charge in [-0.1, -0.05) is 0 Å². The number of hydrogen-bond acceptors (Lipinski definition) is 3. The molecule has 1 fully saturated rings. The number of hydrogen-bond donors (Lipinski definition) is 2. The van der Waals surface area contributed by atoms with Gasteiger partial charge < -0.3 is 10.8 Å². The van der Waals surface area contributed by atoms with Crippen LogP contribution in [0.1, 0.15) is 22.8 Å². The molecule has 2 rings (SSSR count). The van der Waals surface area contributed by atoms with E-state index in [9.17, 15) is 9.59 Å². The first-order chi connectivity index (χ1) is 6.59. The Hall–Kier alpha value is -1.85. The number of amides is 1. The van der Waals surface area contributed by atoms with Crippen LogP contribution in [0, 0.1) is 5.92 Å². The van der Waals surface area contributed by atoms with Crippen molar-refractivity contribution in [3.05, 3.63) is 18.0 Å². The number of nitrogens with zero attached hydrogens (tertiary/aromatic N) is 2. The minimum atomic E-state index is -1.02. The van der Waals surface area contributed by atoms with E-state index in [0.717, 1.165) is 0 Å². The summed E-state index contributed by atoms with van der Waals surface area (Å²) in [6.07, 6.45) is 3.32. The number of nitrogens with two attached hydrogens (primary N) is 1. The monoisotopic (exact) mass is 195 g/mol. The molecule has 1 aliphatic carbocycles. The van der Waals surface area contributed by atoms with E-state index in [-0.39, 0.29) is 23.4 Å². The van der Waals surface area contributed by atoms with Crippen LogP contribution >= 0.6 is 0 Å². The lowest BCUT2D eigenvalue weighted by Crippen LogP contribution is -2.15. The van der Waals surface area contributed by atoms with Gasteiger partial charge in [-0.15, -0.1) is 0 Å². The Balaban J connectivity index is 2.12. The van der Waals surface area contributed by atoms with Crippen molar-refractivity contribution in [2.45, 2.75) is 12.5 Å². The summed E-state index contributed by atoms with van der Waals surface area (Å²) in [5.41, 5.74) is 5.22. The van der Waals surface area contributed by atoms with Gasteiger partial charge in [-0.05, 0) is 6.42 Å². The lowest BCUT2D eigenvalue weighted by molar-refractivity contribution is -0.119. The number of aromatic carboxylic acids is 1. The fourth-order valence-corrected chi connectivity index (χ4v) is 1.41. The quantitative estimate of drug-likeness (QED) is 0.687. The van der Waals surface area contributed by atoms with Crippen LogP contribution in [0.2, 0.25) is 0 Å². The SMILES string of the molecule is NC(=O)C1CC1n1cc(C(=O)O)cn1. The van der Waals surface area contributed by atoms with Crippen LogP contribution in [0.3, 0.4) is 0 Å². The molecule has 0 spiro atoms. The van der Waals surface area contributed by atoms with Gasteiger partial charge in [0.25, 0.3) is 0 Å². The average Bonchev–Trinajstić information content (AvgIpc) is 2.76. The van der Waals surface area contributed by atoms with E-state index in [1.54, 1.807) is 0 Å². The van der Waals surface area contributed by atoms with Crippen LogP contribution in [0.4, 0.5) is 0 Å². The van der Waals surface area contributed by atoms with E-state index < -0.39 is 5.97 Å². The first-order valence-corrected chi connectivity index (χ1v) is 4.16. The van der Waals surface area contributed by atoms with Gasteiger partial charge in [0.2, 0.25) is 5.91 Å². The Bertz CT molecular complexity index is 398. The molecule has 2 atom stereocenters.